The number of rotatable bonds is 3. The van der Waals surface area contributed by atoms with Crippen LogP contribution >= 0.6 is 0 Å². The van der Waals surface area contributed by atoms with Crippen LogP contribution in [0, 0.1) is 0 Å². The van der Waals surface area contributed by atoms with Crippen LogP contribution in [0.5, 0.6) is 0 Å². The molecule has 1 unspecified atom stereocenters. The van der Waals surface area contributed by atoms with E-state index in [2.05, 4.69) is 10.2 Å². The normalized spacial score (nSPS) is 30.4. The Kier molecular flexibility index (Phi) is 4.26. The highest BCUT2D eigenvalue weighted by Crippen LogP contribution is 2.13. The number of hydrogen-bond acceptors (Lipinski definition) is 2. The highest BCUT2D eigenvalue weighted by molar-refractivity contribution is 4.76. The molecule has 0 aromatic heterocycles. The second kappa shape index (κ2) is 5.72. The molecule has 0 aromatic carbocycles. The summed E-state index contributed by atoms with van der Waals surface area (Å²) in [6.07, 6.45) is 9.95. The van der Waals surface area contributed by atoms with Crippen LogP contribution < -0.4 is 5.32 Å². The van der Waals surface area contributed by atoms with Gasteiger partial charge in [0.1, 0.15) is 0 Å². The Morgan fingerprint density at radius 3 is 2.43 bits per heavy atom. The quantitative estimate of drug-likeness (QED) is 0.743. The van der Waals surface area contributed by atoms with Crippen molar-refractivity contribution in [1.29, 1.82) is 0 Å². The Morgan fingerprint density at radius 1 is 1.00 bits per heavy atom. The van der Waals surface area contributed by atoms with Crippen molar-refractivity contribution in [3.63, 3.8) is 0 Å². The number of nitrogens with zero attached hydrogens (tertiary/aromatic N) is 1. The van der Waals surface area contributed by atoms with Gasteiger partial charge in [0.2, 0.25) is 0 Å². The van der Waals surface area contributed by atoms with Gasteiger partial charge in [0, 0.05) is 6.04 Å². The summed E-state index contributed by atoms with van der Waals surface area (Å²) in [6.45, 7) is 5.29. The van der Waals surface area contributed by atoms with E-state index in [0.29, 0.717) is 0 Å². The molecule has 0 spiro atoms. The molecule has 2 rings (SSSR count). The second-order valence-electron chi connectivity index (χ2n) is 4.84. The van der Waals surface area contributed by atoms with Crippen molar-refractivity contribution in [3.05, 3.63) is 0 Å². The summed E-state index contributed by atoms with van der Waals surface area (Å²) >= 11 is 0. The first kappa shape index (κ1) is 10.4. The van der Waals surface area contributed by atoms with Crippen molar-refractivity contribution in [2.24, 2.45) is 0 Å². The van der Waals surface area contributed by atoms with Gasteiger partial charge in [-0.25, -0.2) is 0 Å². The van der Waals surface area contributed by atoms with Gasteiger partial charge >= 0.3 is 0 Å². The number of nitrogens with one attached hydrogen (secondary N) is 1. The summed E-state index contributed by atoms with van der Waals surface area (Å²) in [5, 5.41) is 3.59. The van der Waals surface area contributed by atoms with Crippen molar-refractivity contribution in [3.8, 4) is 0 Å². The molecular weight excluding hydrogens is 172 g/mol. The van der Waals surface area contributed by atoms with E-state index in [1.54, 1.807) is 0 Å². The maximum Gasteiger partial charge on any atom is 0.00797 e. The molecule has 0 aliphatic carbocycles. The first-order chi connectivity index (χ1) is 6.95. The lowest BCUT2D eigenvalue weighted by atomic mass is 10.1. The molecule has 2 fully saturated rings. The predicted octanol–water partition coefficient (Wildman–Crippen LogP) is 2.00. The van der Waals surface area contributed by atoms with Gasteiger partial charge in [-0.3, -0.25) is 0 Å². The summed E-state index contributed by atoms with van der Waals surface area (Å²) in [4.78, 5) is 2.67. The van der Waals surface area contributed by atoms with Crippen LogP contribution in [0.25, 0.3) is 0 Å². The molecule has 0 aromatic rings. The first-order valence-electron chi connectivity index (χ1n) is 6.41. The SMILES string of the molecule is C1CCCN(CCC2CCCN2)CC1. The highest BCUT2D eigenvalue weighted by Gasteiger charge is 2.15. The first-order valence-corrected chi connectivity index (χ1v) is 6.41. The fraction of sp³-hybridized carbons (Fsp3) is 1.00. The Balaban J connectivity index is 1.62. The van der Waals surface area contributed by atoms with E-state index in [4.69, 9.17) is 0 Å². The Hall–Kier alpha value is -0.0800. The van der Waals surface area contributed by atoms with E-state index in [1.165, 1.54) is 71.1 Å². The third kappa shape index (κ3) is 3.25. The fourth-order valence-corrected chi connectivity index (χ4v) is 2.70. The van der Waals surface area contributed by atoms with E-state index in [-0.39, 0.29) is 0 Å². The van der Waals surface area contributed by atoms with Crippen molar-refractivity contribution >= 4 is 0 Å². The highest BCUT2D eigenvalue weighted by atomic mass is 15.1. The molecule has 2 aliphatic heterocycles. The van der Waals surface area contributed by atoms with Crippen LogP contribution in [-0.2, 0) is 0 Å². The summed E-state index contributed by atoms with van der Waals surface area (Å²) in [5.74, 6) is 0. The summed E-state index contributed by atoms with van der Waals surface area (Å²) in [7, 11) is 0. The zero-order valence-electron chi connectivity index (χ0n) is 9.30. The van der Waals surface area contributed by atoms with Gasteiger partial charge in [-0.1, -0.05) is 12.8 Å². The Morgan fingerprint density at radius 2 is 1.79 bits per heavy atom. The molecule has 2 nitrogen and oxygen atoms in total. The predicted molar refractivity (Wildman–Crippen MR) is 60.5 cm³/mol. The van der Waals surface area contributed by atoms with Gasteiger partial charge < -0.3 is 10.2 Å². The third-order valence-corrected chi connectivity index (χ3v) is 3.65. The van der Waals surface area contributed by atoms with Crippen LogP contribution in [-0.4, -0.2) is 37.1 Å². The van der Waals surface area contributed by atoms with Gasteiger partial charge in [-0.15, -0.1) is 0 Å². The molecule has 0 amide bonds. The minimum absolute atomic E-state index is 0.832. The molecule has 2 heterocycles. The minimum atomic E-state index is 0.832. The maximum atomic E-state index is 3.59. The zero-order valence-corrected chi connectivity index (χ0v) is 9.30. The van der Waals surface area contributed by atoms with Crippen molar-refractivity contribution in [2.75, 3.05) is 26.2 Å². The molecule has 14 heavy (non-hydrogen) atoms. The molecule has 1 N–H and O–H groups in total. The molecule has 1 atom stereocenters. The number of hydrogen-bond donors (Lipinski definition) is 1. The van der Waals surface area contributed by atoms with Gasteiger partial charge in [0.25, 0.3) is 0 Å². The summed E-state index contributed by atoms with van der Waals surface area (Å²) in [6, 6.07) is 0.832. The lowest BCUT2D eigenvalue weighted by Crippen LogP contribution is -2.31. The zero-order chi connectivity index (χ0) is 9.64. The third-order valence-electron chi connectivity index (χ3n) is 3.65. The van der Waals surface area contributed by atoms with Crippen molar-refractivity contribution in [2.45, 2.75) is 51.0 Å². The van der Waals surface area contributed by atoms with E-state index >= 15 is 0 Å². The Labute approximate surface area is 88.1 Å². The van der Waals surface area contributed by atoms with Crippen LogP contribution in [0.2, 0.25) is 0 Å². The van der Waals surface area contributed by atoms with E-state index in [0.717, 1.165) is 6.04 Å². The van der Waals surface area contributed by atoms with Crippen LogP contribution in [0.1, 0.15) is 44.9 Å². The summed E-state index contributed by atoms with van der Waals surface area (Å²) < 4.78 is 0. The van der Waals surface area contributed by atoms with Gasteiger partial charge in [-0.05, 0) is 58.3 Å². The fourth-order valence-electron chi connectivity index (χ4n) is 2.70. The minimum Gasteiger partial charge on any atom is -0.314 e. The molecule has 2 heteroatoms. The average Bonchev–Trinajstić information content (AvgIpc) is 2.58. The van der Waals surface area contributed by atoms with Crippen LogP contribution in [0.3, 0.4) is 0 Å². The smallest absolute Gasteiger partial charge is 0.00797 e. The Bertz CT molecular complexity index is 144. The molecule has 0 radical (unpaired) electrons. The monoisotopic (exact) mass is 196 g/mol. The molecule has 0 saturated carbocycles. The molecule has 0 bridgehead atoms. The largest absolute Gasteiger partial charge is 0.314 e. The average molecular weight is 196 g/mol. The molecule has 2 saturated heterocycles. The molecule has 2 aliphatic rings. The lowest BCUT2D eigenvalue weighted by Gasteiger charge is -2.21. The second-order valence-corrected chi connectivity index (χ2v) is 4.84. The van der Waals surface area contributed by atoms with Gasteiger partial charge in [-0.2, -0.15) is 0 Å². The molecular formula is C12H24N2. The van der Waals surface area contributed by atoms with E-state index in [9.17, 15) is 0 Å². The van der Waals surface area contributed by atoms with Crippen LogP contribution in [0.15, 0.2) is 0 Å². The maximum absolute atomic E-state index is 3.59. The van der Waals surface area contributed by atoms with E-state index in [1.807, 2.05) is 0 Å². The topological polar surface area (TPSA) is 15.3 Å². The lowest BCUT2D eigenvalue weighted by molar-refractivity contribution is 0.269. The molecule has 82 valence electrons. The van der Waals surface area contributed by atoms with Gasteiger partial charge in [0.15, 0.2) is 0 Å². The number of likely N-dealkylation sites (tertiary alicyclic amines) is 1. The van der Waals surface area contributed by atoms with Crippen molar-refractivity contribution < 1.29 is 0 Å². The standard InChI is InChI=1S/C12H24N2/c1-2-4-10-14(9-3-1)11-7-12-6-5-8-13-12/h12-13H,1-11H2. The van der Waals surface area contributed by atoms with Crippen molar-refractivity contribution in [1.82, 2.24) is 10.2 Å². The van der Waals surface area contributed by atoms with Gasteiger partial charge in [0.05, 0.1) is 0 Å². The van der Waals surface area contributed by atoms with Crippen LogP contribution in [0.4, 0.5) is 0 Å². The summed E-state index contributed by atoms with van der Waals surface area (Å²) in [5.41, 5.74) is 0. The van der Waals surface area contributed by atoms with E-state index < -0.39 is 0 Å².